The molecule has 0 spiro atoms. The quantitative estimate of drug-likeness (QED) is 0.589. The van der Waals surface area contributed by atoms with E-state index in [0.29, 0.717) is 24.5 Å². The minimum absolute atomic E-state index is 0.0818. The molecule has 5 rings (SSSR count). The molecule has 2 N–H and O–H groups in total. The number of methoxy groups -OCH3 is 1. The number of benzene rings is 1. The molecule has 2 aromatic heterocycles. The maximum atomic E-state index is 13.8. The van der Waals surface area contributed by atoms with E-state index in [-0.39, 0.29) is 29.0 Å². The van der Waals surface area contributed by atoms with Gasteiger partial charge < -0.3 is 19.8 Å². The molecule has 170 valence electrons. The molecule has 0 amide bonds. The Bertz CT molecular complexity index is 1140. The fourth-order valence-electron chi connectivity index (χ4n) is 4.46. The maximum Gasteiger partial charge on any atom is 0.431 e. The molecule has 11 heteroatoms. The number of hydrogen-bond donors (Lipinski definition) is 2. The van der Waals surface area contributed by atoms with E-state index in [9.17, 15) is 17.6 Å². The molecule has 2 aliphatic heterocycles. The van der Waals surface area contributed by atoms with E-state index >= 15 is 0 Å². The van der Waals surface area contributed by atoms with Crippen LogP contribution in [0.3, 0.4) is 0 Å². The first-order valence-corrected chi connectivity index (χ1v) is 10.2. The van der Waals surface area contributed by atoms with Crippen molar-refractivity contribution in [1.82, 2.24) is 19.9 Å². The Kier molecular flexibility index (Phi) is 5.17. The summed E-state index contributed by atoms with van der Waals surface area (Å²) in [5, 5.41) is 3.53. The molecule has 0 aliphatic carbocycles. The van der Waals surface area contributed by atoms with Crippen LogP contribution in [0.5, 0.6) is 5.75 Å². The lowest BCUT2D eigenvalue weighted by Gasteiger charge is -2.39. The average Bonchev–Trinajstić information content (AvgIpc) is 3.41. The summed E-state index contributed by atoms with van der Waals surface area (Å²) in [7, 11) is 1.67. The topological polar surface area (TPSA) is 75.3 Å². The van der Waals surface area contributed by atoms with E-state index in [1.54, 1.807) is 13.2 Å². The number of aromatic amines is 1. The Hall–Kier alpha value is -2.92. The Morgan fingerprint density at radius 3 is 2.84 bits per heavy atom. The van der Waals surface area contributed by atoms with Crippen molar-refractivity contribution in [3.05, 3.63) is 47.7 Å². The number of likely N-dealkylation sites (tertiary alicyclic amines) is 1. The number of fused-ring (bicyclic) bond motifs is 2. The van der Waals surface area contributed by atoms with Gasteiger partial charge in [-0.2, -0.15) is 13.2 Å². The first-order chi connectivity index (χ1) is 15.3. The Balaban J connectivity index is 1.54. The van der Waals surface area contributed by atoms with Gasteiger partial charge in [-0.3, -0.25) is 4.90 Å². The van der Waals surface area contributed by atoms with Crippen LogP contribution in [0.15, 0.2) is 30.6 Å². The monoisotopic (exact) mass is 451 g/mol. The van der Waals surface area contributed by atoms with Crippen LogP contribution in [-0.4, -0.2) is 58.8 Å². The number of nitrogens with one attached hydrogen (secondary N) is 2. The molecular formula is C21H21F4N5O2. The normalized spacial score (nSPS) is 23.8. The van der Waals surface area contributed by atoms with Crippen molar-refractivity contribution in [3.8, 4) is 5.75 Å². The summed E-state index contributed by atoms with van der Waals surface area (Å²) in [4.78, 5) is 12.7. The minimum Gasteiger partial charge on any atom is -0.491 e. The summed E-state index contributed by atoms with van der Waals surface area (Å²) in [5.74, 6) is 0.236. The standard InChI is InChI=1S/C21H21F4N5O2/c1-31-12-4-5-30(8-12)15-9-32-16-6-11(22)2-3-13(16)18(15)29-20-14-7-17(21(23,24)25)28-19(14)26-10-27-20/h2-3,6-7,10,12,15,18H,4-5,8-9H2,1H3,(H2,26,27,28,29). The zero-order valence-corrected chi connectivity index (χ0v) is 17.1. The summed E-state index contributed by atoms with van der Waals surface area (Å²) in [5.41, 5.74) is -0.107. The number of alkyl halides is 3. The van der Waals surface area contributed by atoms with E-state index in [0.717, 1.165) is 19.0 Å². The van der Waals surface area contributed by atoms with Gasteiger partial charge in [-0.15, -0.1) is 0 Å². The number of hydrogen-bond acceptors (Lipinski definition) is 6. The number of aromatic nitrogens is 3. The summed E-state index contributed by atoms with van der Waals surface area (Å²) in [6.45, 7) is 1.77. The highest BCUT2D eigenvalue weighted by Gasteiger charge is 2.39. The third-order valence-electron chi connectivity index (χ3n) is 6.11. The van der Waals surface area contributed by atoms with Crippen LogP contribution in [0.4, 0.5) is 23.4 Å². The third kappa shape index (κ3) is 3.75. The second kappa shape index (κ2) is 7.89. The van der Waals surface area contributed by atoms with Gasteiger partial charge >= 0.3 is 6.18 Å². The van der Waals surface area contributed by atoms with E-state index in [1.165, 1.54) is 18.5 Å². The van der Waals surface area contributed by atoms with Crippen LogP contribution in [0, 0.1) is 5.82 Å². The van der Waals surface area contributed by atoms with Crippen LogP contribution in [0.1, 0.15) is 23.7 Å². The molecule has 2 aliphatic rings. The van der Waals surface area contributed by atoms with Crippen molar-refractivity contribution < 1.29 is 27.0 Å². The van der Waals surface area contributed by atoms with Crippen molar-refractivity contribution in [1.29, 1.82) is 0 Å². The fourth-order valence-corrected chi connectivity index (χ4v) is 4.46. The molecule has 7 nitrogen and oxygen atoms in total. The van der Waals surface area contributed by atoms with E-state index in [2.05, 4.69) is 25.2 Å². The lowest BCUT2D eigenvalue weighted by Crippen LogP contribution is -2.47. The number of nitrogens with zero attached hydrogens (tertiary/aromatic N) is 3. The second-order valence-corrected chi connectivity index (χ2v) is 7.99. The van der Waals surface area contributed by atoms with Gasteiger partial charge in [0.2, 0.25) is 0 Å². The fraction of sp³-hybridized carbons (Fsp3) is 0.429. The van der Waals surface area contributed by atoms with E-state index in [1.807, 2.05) is 0 Å². The van der Waals surface area contributed by atoms with Gasteiger partial charge in [0.1, 0.15) is 41.7 Å². The highest BCUT2D eigenvalue weighted by atomic mass is 19.4. The Labute approximate surface area is 180 Å². The Morgan fingerprint density at radius 2 is 2.09 bits per heavy atom. The molecule has 4 heterocycles. The average molecular weight is 451 g/mol. The van der Waals surface area contributed by atoms with Gasteiger partial charge in [0, 0.05) is 31.8 Å². The lowest BCUT2D eigenvalue weighted by atomic mass is 9.95. The molecule has 3 aromatic rings. The van der Waals surface area contributed by atoms with Crippen molar-refractivity contribution >= 4 is 16.9 Å². The first-order valence-electron chi connectivity index (χ1n) is 10.2. The molecule has 0 saturated carbocycles. The van der Waals surface area contributed by atoms with E-state index in [4.69, 9.17) is 9.47 Å². The molecule has 1 saturated heterocycles. The van der Waals surface area contributed by atoms with Crippen LogP contribution in [0.25, 0.3) is 11.0 Å². The van der Waals surface area contributed by atoms with Crippen LogP contribution >= 0.6 is 0 Å². The summed E-state index contributed by atoms with van der Waals surface area (Å²) in [6, 6.07) is 4.74. The number of rotatable bonds is 4. The molecule has 1 fully saturated rings. The molecule has 0 bridgehead atoms. The number of ether oxygens (including phenoxy) is 2. The summed E-state index contributed by atoms with van der Waals surface area (Å²) >= 11 is 0. The predicted molar refractivity (Wildman–Crippen MR) is 108 cm³/mol. The largest absolute Gasteiger partial charge is 0.491 e. The minimum atomic E-state index is -4.53. The van der Waals surface area contributed by atoms with E-state index < -0.39 is 23.7 Å². The van der Waals surface area contributed by atoms with Crippen molar-refractivity contribution in [3.63, 3.8) is 0 Å². The molecule has 0 radical (unpaired) electrons. The van der Waals surface area contributed by atoms with Crippen molar-refractivity contribution in [2.75, 3.05) is 32.1 Å². The predicted octanol–water partition coefficient (Wildman–Crippen LogP) is 3.75. The molecule has 1 aromatic carbocycles. The number of anilines is 1. The van der Waals surface area contributed by atoms with Gasteiger partial charge in [0.05, 0.1) is 23.6 Å². The summed E-state index contributed by atoms with van der Waals surface area (Å²) < 4.78 is 64.8. The highest BCUT2D eigenvalue weighted by molar-refractivity contribution is 5.88. The first kappa shape index (κ1) is 21.0. The zero-order valence-electron chi connectivity index (χ0n) is 17.1. The SMILES string of the molecule is COC1CCN(C2COc3cc(F)ccc3C2Nc2ncnc3[nH]c(C(F)(F)F)cc23)C1. The van der Waals surface area contributed by atoms with Gasteiger partial charge in [-0.05, 0) is 18.6 Å². The van der Waals surface area contributed by atoms with Crippen LogP contribution in [0.2, 0.25) is 0 Å². The molecular weight excluding hydrogens is 430 g/mol. The number of halogens is 4. The van der Waals surface area contributed by atoms with Crippen molar-refractivity contribution in [2.45, 2.75) is 30.8 Å². The van der Waals surface area contributed by atoms with Crippen molar-refractivity contribution in [2.24, 2.45) is 0 Å². The van der Waals surface area contributed by atoms with Gasteiger partial charge in [0.25, 0.3) is 0 Å². The zero-order chi connectivity index (χ0) is 22.5. The number of H-pyrrole nitrogens is 1. The van der Waals surface area contributed by atoms with Gasteiger partial charge in [-0.25, -0.2) is 14.4 Å². The highest BCUT2D eigenvalue weighted by Crippen LogP contribution is 2.39. The molecule has 3 atom stereocenters. The lowest BCUT2D eigenvalue weighted by molar-refractivity contribution is -0.140. The maximum absolute atomic E-state index is 13.8. The molecule has 32 heavy (non-hydrogen) atoms. The third-order valence-corrected chi connectivity index (χ3v) is 6.11. The second-order valence-electron chi connectivity index (χ2n) is 7.99. The smallest absolute Gasteiger partial charge is 0.431 e. The Morgan fingerprint density at radius 1 is 1.25 bits per heavy atom. The molecule has 3 unspecified atom stereocenters. The summed E-state index contributed by atoms with van der Waals surface area (Å²) in [6.07, 6.45) is -2.37. The van der Waals surface area contributed by atoms with Gasteiger partial charge in [0.15, 0.2) is 0 Å². The van der Waals surface area contributed by atoms with Crippen LogP contribution < -0.4 is 10.1 Å². The van der Waals surface area contributed by atoms with Crippen LogP contribution in [-0.2, 0) is 10.9 Å². The van der Waals surface area contributed by atoms with Gasteiger partial charge in [-0.1, -0.05) is 6.07 Å².